The maximum atomic E-state index is 5.39. The molecule has 0 saturated heterocycles. The average molecular weight is 569 g/mol. The molecule has 0 unspecified atom stereocenters. The van der Waals surface area contributed by atoms with Gasteiger partial charge in [-0.15, -0.1) is 11.3 Å². The fourth-order valence-electron chi connectivity index (χ4n) is 6.86. The van der Waals surface area contributed by atoms with Gasteiger partial charge in [-0.1, -0.05) is 85.5 Å². The summed E-state index contributed by atoms with van der Waals surface area (Å²) < 4.78 is 4.76. The van der Waals surface area contributed by atoms with Crippen LogP contribution in [0.15, 0.2) is 116 Å². The Labute approximate surface area is 250 Å². The minimum atomic E-state index is 0.648. The average Bonchev–Trinajstić information content (AvgIpc) is 3.59. The molecule has 0 amide bonds. The van der Waals surface area contributed by atoms with Crippen LogP contribution in [0, 0.1) is 6.92 Å². The third kappa shape index (κ3) is 3.28. The Morgan fingerprint density at radius 2 is 1.42 bits per heavy atom. The van der Waals surface area contributed by atoms with Crippen molar-refractivity contribution in [1.82, 2.24) is 19.5 Å². The zero-order valence-electron chi connectivity index (χ0n) is 23.4. The molecule has 202 valence electrons. The molecule has 0 saturated carbocycles. The van der Waals surface area contributed by atoms with E-state index in [1.165, 1.54) is 41.7 Å². The van der Waals surface area contributed by atoms with Crippen LogP contribution in [0.3, 0.4) is 0 Å². The van der Waals surface area contributed by atoms with Crippen LogP contribution < -0.4 is 0 Å². The first-order valence-electron chi connectivity index (χ1n) is 14.3. The standard InChI is InChI=1S/C38H24N4S/c1-3-4-16-31-22(2)33-29-20-39-19-18-27(29)37-34(28-15-9-10-17-32(28)43-37)36(33)42(31)38-40-21-30-25-13-6-5-11-23(25)24-12-7-8-14-26(24)35(30)41-38/h3-21H,1H2,2H3/b16-4-. The van der Waals surface area contributed by atoms with Crippen LogP contribution >= 0.6 is 11.3 Å². The van der Waals surface area contributed by atoms with Crippen molar-refractivity contribution in [3.05, 3.63) is 127 Å². The highest BCUT2D eigenvalue weighted by Gasteiger charge is 2.24. The molecule has 43 heavy (non-hydrogen) atoms. The van der Waals surface area contributed by atoms with Crippen LogP contribution in [0.1, 0.15) is 11.3 Å². The molecule has 0 aliphatic rings. The van der Waals surface area contributed by atoms with Gasteiger partial charge < -0.3 is 0 Å². The van der Waals surface area contributed by atoms with Gasteiger partial charge in [0.25, 0.3) is 0 Å². The van der Waals surface area contributed by atoms with E-state index in [-0.39, 0.29) is 0 Å². The predicted octanol–water partition coefficient (Wildman–Crippen LogP) is 10.3. The molecule has 4 nitrogen and oxygen atoms in total. The van der Waals surface area contributed by atoms with Gasteiger partial charge in [-0.2, -0.15) is 0 Å². The number of allylic oxidation sites excluding steroid dienone is 2. The van der Waals surface area contributed by atoms with Gasteiger partial charge in [-0.05, 0) is 46.9 Å². The van der Waals surface area contributed by atoms with Crippen LogP contribution in [-0.4, -0.2) is 19.5 Å². The van der Waals surface area contributed by atoms with Crippen molar-refractivity contribution >= 4 is 91.7 Å². The summed E-state index contributed by atoms with van der Waals surface area (Å²) in [6, 6.07) is 27.9. The lowest BCUT2D eigenvalue weighted by Gasteiger charge is -2.13. The molecule has 0 bridgehead atoms. The molecule has 0 atom stereocenters. The number of benzene rings is 5. The van der Waals surface area contributed by atoms with Crippen LogP contribution in [-0.2, 0) is 0 Å². The molecule has 4 heterocycles. The highest BCUT2D eigenvalue weighted by Crippen LogP contribution is 2.47. The lowest BCUT2D eigenvalue weighted by atomic mass is 9.98. The minimum absolute atomic E-state index is 0.648. The van der Waals surface area contributed by atoms with Crippen LogP contribution in [0.25, 0.3) is 86.3 Å². The Bertz CT molecular complexity index is 2620. The van der Waals surface area contributed by atoms with Gasteiger partial charge in [0, 0.05) is 65.7 Å². The van der Waals surface area contributed by atoms with Crippen molar-refractivity contribution in [1.29, 1.82) is 0 Å². The largest absolute Gasteiger partial charge is 0.278 e. The van der Waals surface area contributed by atoms with Crippen molar-refractivity contribution in [2.45, 2.75) is 6.92 Å². The fourth-order valence-corrected chi connectivity index (χ4v) is 8.10. The second-order valence-corrected chi connectivity index (χ2v) is 12.0. The van der Waals surface area contributed by atoms with Gasteiger partial charge >= 0.3 is 0 Å². The van der Waals surface area contributed by atoms with Crippen LogP contribution in [0.4, 0.5) is 0 Å². The number of thiophene rings is 1. The highest BCUT2D eigenvalue weighted by atomic mass is 32.1. The monoisotopic (exact) mass is 568 g/mol. The molecule has 5 heteroatoms. The van der Waals surface area contributed by atoms with Gasteiger partial charge in [0.05, 0.1) is 16.7 Å². The Balaban J connectivity index is 1.52. The van der Waals surface area contributed by atoms with E-state index in [9.17, 15) is 0 Å². The molecule has 0 radical (unpaired) electrons. The predicted molar refractivity (Wildman–Crippen MR) is 184 cm³/mol. The summed E-state index contributed by atoms with van der Waals surface area (Å²) in [6.45, 7) is 6.16. The van der Waals surface area contributed by atoms with Crippen molar-refractivity contribution in [2.75, 3.05) is 0 Å². The molecule has 0 spiro atoms. The van der Waals surface area contributed by atoms with Crippen molar-refractivity contribution in [3.8, 4) is 5.95 Å². The normalized spacial score (nSPS) is 12.3. The van der Waals surface area contributed by atoms with Gasteiger partial charge in [0.15, 0.2) is 0 Å². The molecular formula is C38H24N4S. The summed E-state index contributed by atoms with van der Waals surface area (Å²) in [5, 5.41) is 11.7. The number of rotatable bonds is 3. The Morgan fingerprint density at radius 1 is 0.721 bits per heavy atom. The third-order valence-electron chi connectivity index (χ3n) is 8.68. The molecule has 9 rings (SSSR count). The van der Waals surface area contributed by atoms with E-state index in [1.807, 2.05) is 42.1 Å². The number of nitrogens with zero attached hydrogens (tertiary/aromatic N) is 4. The lowest BCUT2D eigenvalue weighted by Crippen LogP contribution is -2.04. The molecular weight excluding hydrogens is 545 g/mol. The third-order valence-corrected chi connectivity index (χ3v) is 9.89. The molecule has 0 N–H and O–H groups in total. The number of aryl methyl sites for hydroxylation is 1. The summed E-state index contributed by atoms with van der Waals surface area (Å²) in [7, 11) is 0. The van der Waals surface area contributed by atoms with E-state index in [4.69, 9.17) is 9.97 Å². The topological polar surface area (TPSA) is 43.6 Å². The zero-order chi connectivity index (χ0) is 28.7. The van der Waals surface area contributed by atoms with E-state index in [1.54, 1.807) is 0 Å². The van der Waals surface area contributed by atoms with Gasteiger partial charge in [-0.25, -0.2) is 9.97 Å². The molecule has 0 aliphatic heterocycles. The van der Waals surface area contributed by atoms with E-state index in [0.717, 1.165) is 43.8 Å². The SMILES string of the molecule is C=C/C=C\c1c(C)c2c3cnccc3c3sc4ccccc4c3c2n1-c1ncc2c3ccccc3c3ccccc3c2n1. The molecule has 9 aromatic rings. The van der Waals surface area contributed by atoms with Crippen molar-refractivity contribution in [3.63, 3.8) is 0 Å². The number of pyridine rings is 1. The number of hydrogen-bond acceptors (Lipinski definition) is 4. The summed E-state index contributed by atoms with van der Waals surface area (Å²) in [5.41, 5.74) is 4.26. The summed E-state index contributed by atoms with van der Waals surface area (Å²) >= 11 is 1.83. The smallest absolute Gasteiger partial charge is 0.235 e. The maximum Gasteiger partial charge on any atom is 0.235 e. The summed E-state index contributed by atoms with van der Waals surface area (Å²) in [5.74, 6) is 0.648. The molecule has 0 aliphatic carbocycles. The van der Waals surface area contributed by atoms with Crippen molar-refractivity contribution < 1.29 is 0 Å². The first kappa shape index (κ1) is 24.2. The number of fused-ring (bicyclic) bond motifs is 14. The Morgan fingerprint density at radius 3 is 2.21 bits per heavy atom. The molecule has 4 aromatic heterocycles. The van der Waals surface area contributed by atoms with Crippen LogP contribution in [0.2, 0.25) is 0 Å². The summed E-state index contributed by atoms with van der Waals surface area (Å²) in [4.78, 5) is 15.1. The summed E-state index contributed by atoms with van der Waals surface area (Å²) in [6.07, 6.45) is 11.8. The van der Waals surface area contributed by atoms with E-state index in [0.29, 0.717) is 5.95 Å². The molecule has 5 aromatic carbocycles. The second-order valence-electron chi connectivity index (χ2n) is 10.9. The first-order valence-corrected chi connectivity index (χ1v) is 15.1. The van der Waals surface area contributed by atoms with E-state index >= 15 is 0 Å². The lowest BCUT2D eigenvalue weighted by molar-refractivity contribution is 0.971. The van der Waals surface area contributed by atoms with Crippen LogP contribution in [0.5, 0.6) is 0 Å². The fraction of sp³-hybridized carbons (Fsp3) is 0.0263. The van der Waals surface area contributed by atoms with Gasteiger partial charge in [-0.3, -0.25) is 9.55 Å². The minimum Gasteiger partial charge on any atom is -0.278 e. The Kier molecular flexibility index (Phi) is 5.10. The van der Waals surface area contributed by atoms with Crippen molar-refractivity contribution in [2.24, 2.45) is 0 Å². The van der Waals surface area contributed by atoms with Gasteiger partial charge in [0.2, 0.25) is 5.95 Å². The highest BCUT2D eigenvalue weighted by molar-refractivity contribution is 7.27. The number of aromatic nitrogens is 4. The number of hydrogen-bond donors (Lipinski definition) is 0. The Hall–Kier alpha value is -5.39. The first-order chi connectivity index (χ1) is 21.2. The quantitative estimate of drug-likeness (QED) is 0.157. The molecule has 0 fully saturated rings. The van der Waals surface area contributed by atoms with Gasteiger partial charge in [0.1, 0.15) is 0 Å². The van der Waals surface area contributed by atoms with E-state index < -0.39 is 0 Å². The van der Waals surface area contributed by atoms with E-state index in [2.05, 4.69) is 108 Å². The second kappa shape index (κ2) is 9.05. The maximum absolute atomic E-state index is 5.39. The zero-order valence-corrected chi connectivity index (χ0v) is 24.2.